The van der Waals surface area contributed by atoms with Crippen LogP contribution >= 0.6 is 23.2 Å². The van der Waals surface area contributed by atoms with Crippen molar-refractivity contribution in [3.8, 4) is 33.4 Å². The molecule has 6 aromatic rings. The molecule has 2 aliphatic carbocycles. The van der Waals surface area contributed by atoms with Crippen LogP contribution in [-0.4, -0.2) is 3.21 Å². The van der Waals surface area contributed by atoms with E-state index in [0.29, 0.717) is 5.92 Å². The maximum atomic E-state index is 6.89. The van der Waals surface area contributed by atoms with Crippen LogP contribution in [0.15, 0.2) is 167 Å². The predicted molar refractivity (Wildman–Crippen MR) is 225 cm³/mol. The molecule has 8 rings (SSSR count). The Morgan fingerprint density at radius 1 is 0.582 bits per heavy atom. The van der Waals surface area contributed by atoms with Crippen molar-refractivity contribution >= 4 is 26.4 Å². The third-order valence-electron chi connectivity index (χ3n) is 10.9. The molecule has 1 unspecified atom stereocenters. The molecule has 0 spiro atoms. The second-order valence-corrected chi connectivity index (χ2v) is 22.4. The molecule has 0 heterocycles. The van der Waals surface area contributed by atoms with E-state index in [1.165, 1.54) is 64.4 Å². The Morgan fingerprint density at radius 3 is 1.51 bits per heavy atom. The molecule has 0 N–H and O–H groups in total. The average Bonchev–Trinajstić information content (AvgIpc) is 3.73. The summed E-state index contributed by atoms with van der Waals surface area (Å²) in [7, 11) is 0. The zero-order valence-corrected chi connectivity index (χ0v) is 37.1. The van der Waals surface area contributed by atoms with E-state index in [1.807, 2.05) is 12.1 Å². The van der Waals surface area contributed by atoms with Crippen LogP contribution in [-0.2, 0) is 21.3 Å². The van der Waals surface area contributed by atoms with Gasteiger partial charge in [-0.15, -0.1) is 0 Å². The Bertz CT molecular complexity index is 2280. The SMILES string of the molecule is CCCC1C=C(C(C)(C)C)C=[C]1[Zr+2](=[C](c1cccc(Cl)c1)c1cccc(Cl)c1)[CH]1c2cc(-c3ccccc3)ccc2-c2ccc(-c3ccccc3)cc21.[Cl-].[Cl-]. The van der Waals surface area contributed by atoms with E-state index >= 15 is 0 Å². The van der Waals surface area contributed by atoms with Crippen LogP contribution in [0.5, 0.6) is 0 Å². The summed E-state index contributed by atoms with van der Waals surface area (Å²) >= 11 is 10.6. The predicted octanol–water partition coefficient (Wildman–Crippen LogP) is 8.58. The summed E-state index contributed by atoms with van der Waals surface area (Å²) in [5.74, 6) is 0.388. The monoisotopic (exact) mass is 874 g/mol. The van der Waals surface area contributed by atoms with Gasteiger partial charge < -0.3 is 24.8 Å². The van der Waals surface area contributed by atoms with Gasteiger partial charge in [0.25, 0.3) is 0 Å². The number of allylic oxidation sites excluding steroid dienone is 4. The van der Waals surface area contributed by atoms with Crippen LogP contribution in [0.4, 0.5) is 0 Å². The summed E-state index contributed by atoms with van der Waals surface area (Å²) in [4.78, 5) is 0. The fourth-order valence-corrected chi connectivity index (χ4v) is 18.3. The van der Waals surface area contributed by atoms with Gasteiger partial charge >= 0.3 is 335 Å². The fourth-order valence-electron chi connectivity index (χ4n) is 8.34. The van der Waals surface area contributed by atoms with E-state index in [4.69, 9.17) is 23.2 Å². The third kappa shape index (κ3) is 8.40. The molecule has 1 atom stereocenters. The van der Waals surface area contributed by atoms with Crippen LogP contribution < -0.4 is 24.8 Å². The van der Waals surface area contributed by atoms with Crippen LogP contribution in [0.3, 0.4) is 0 Å². The van der Waals surface area contributed by atoms with Gasteiger partial charge in [0, 0.05) is 0 Å². The molecular formula is C50H44Cl4Zr. The van der Waals surface area contributed by atoms with Crippen molar-refractivity contribution in [3.05, 3.63) is 199 Å². The van der Waals surface area contributed by atoms with Gasteiger partial charge in [0.05, 0.1) is 0 Å². The molecule has 0 amide bonds. The van der Waals surface area contributed by atoms with Gasteiger partial charge in [-0.05, 0) is 0 Å². The normalized spacial score (nSPS) is 14.4. The molecule has 55 heavy (non-hydrogen) atoms. The number of fused-ring (bicyclic) bond motifs is 3. The largest absolute Gasteiger partial charge is 1.00 e. The van der Waals surface area contributed by atoms with E-state index in [-0.39, 0.29) is 33.9 Å². The van der Waals surface area contributed by atoms with E-state index in [9.17, 15) is 0 Å². The first-order valence-electron chi connectivity index (χ1n) is 18.8. The maximum absolute atomic E-state index is 6.89. The Balaban J connectivity index is 0.00000257. The Morgan fingerprint density at radius 2 is 1.07 bits per heavy atom. The summed E-state index contributed by atoms with van der Waals surface area (Å²) in [6, 6.07) is 53.4. The molecule has 0 fully saturated rings. The van der Waals surface area contributed by atoms with Crippen molar-refractivity contribution in [2.24, 2.45) is 11.3 Å². The molecule has 2 aliphatic rings. The Hall–Kier alpha value is -3.29. The van der Waals surface area contributed by atoms with Crippen LogP contribution in [0.25, 0.3) is 33.4 Å². The molecule has 0 saturated heterocycles. The molecule has 0 saturated carbocycles. The minimum absolute atomic E-state index is 0. The molecular weight excluding hydrogens is 834 g/mol. The van der Waals surface area contributed by atoms with Crippen LogP contribution in [0.2, 0.25) is 10.0 Å². The van der Waals surface area contributed by atoms with E-state index in [1.54, 1.807) is 3.28 Å². The number of rotatable bonds is 8. The van der Waals surface area contributed by atoms with Gasteiger partial charge in [0.15, 0.2) is 0 Å². The third-order valence-corrected chi connectivity index (χ3v) is 19.8. The summed E-state index contributed by atoms with van der Waals surface area (Å²) in [5.41, 5.74) is 14.5. The van der Waals surface area contributed by atoms with Crippen LogP contribution in [0, 0.1) is 11.3 Å². The second kappa shape index (κ2) is 17.5. The van der Waals surface area contributed by atoms with E-state index < -0.39 is 21.3 Å². The molecule has 5 heteroatoms. The molecule has 0 aromatic heterocycles. The molecule has 0 nitrogen and oxygen atoms in total. The topological polar surface area (TPSA) is 0 Å². The van der Waals surface area contributed by atoms with E-state index in [2.05, 4.69) is 173 Å². The smallest absolute Gasteiger partial charge is 1.00 e. The molecule has 0 aliphatic heterocycles. The maximum Gasteiger partial charge on any atom is -1.00 e. The van der Waals surface area contributed by atoms with Gasteiger partial charge in [0.2, 0.25) is 0 Å². The average molecular weight is 878 g/mol. The van der Waals surface area contributed by atoms with Gasteiger partial charge in [-0.1, -0.05) is 0 Å². The van der Waals surface area contributed by atoms with Gasteiger partial charge in [-0.2, -0.15) is 0 Å². The molecule has 6 aromatic carbocycles. The molecule has 0 radical (unpaired) electrons. The zero-order chi connectivity index (χ0) is 36.7. The number of hydrogen-bond donors (Lipinski definition) is 0. The summed E-state index contributed by atoms with van der Waals surface area (Å²) in [6.07, 6.45) is 7.52. The number of halogens is 4. The first-order chi connectivity index (χ1) is 25.7. The second-order valence-electron chi connectivity index (χ2n) is 15.4. The number of benzene rings is 6. The standard InChI is InChI=1S/C25H17.C13H8Cl2.C12H19.2ClH.Zr/c1-3-7-18(8-4-1)20-11-13-24-22(15-20)17-23-16-21(12-14-25(23)24)19-9-5-2-6-10-19;14-12-5-1-3-10(8-12)7-11-4-2-6-13(15)9-11;1-5-6-10-7-8-11(9-10)12(2,3)4;;;/h1-17H;1-6,8-9H;8-10H,5-6H2,1-4H3;2*1H;/q;;;;;+2/p-2. The zero-order valence-electron chi connectivity index (χ0n) is 31.6. The number of hydrogen-bond acceptors (Lipinski definition) is 0. The van der Waals surface area contributed by atoms with Gasteiger partial charge in [-0.3, -0.25) is 0 Å². The van der Waals surface area contributed by atoms with Crippen molar-refractivity contribution in [2.45, 2.75) is 44.2 Å². The van der Waals surface area contributed by atoms with Crippen molar-refractivity contribution in [1.82, 2.24) is 0 Å². The first kappa shape index (κ1) is 41.3. The minimum atomic E-state index is -3.17. The minimum Gasteiger partial charge on any atom is -1.00 e. The van der Waals surface area contributed by atoms with Crippen molar-refractivity contribution < 1.29 is 46.1 Å². The first-order valence-corrected chi connectivity index (χ1v) is 23.4. The fraction of sp³-hybridized carbons (Fsp3) is 0.180. The van der Waals surface area contributed by atoms with Gasteiger partial charge in [-0.25, -0.2) is 0 Å². The molecule has 276 valence electrons. The summed E-state index contributed by atoms with van der Waals surface area (Å²) < 4.78 is 3.33. The van der Waals surface area contributed by atoms with E-state index in [0.717, 1.165) is 22.9 Å². The van der Waals surface area contributed by atoms with Crippen molar-refractivity contribution in [2.75, 3.05) is 0 Å². The van der Waals surface area contributed by atoms with Crippen LogP contribution in [0.1, 0.15) is 66.4 Å². The van der Waals surface area contributed by atoms with Crippen molar-refractivity contribution in [1.29, 1.82) is 0 Å². The summed E-state index contributed by atoms with van der Waals surface area (Å²) in [5, 5.41) is 1.52. The molecule has 0 bridgehead atoms. The van der Waals surface area contributed by atoms with Crippen molar-refractivity contribution in [3.63, 3.8) is 0 Å². The quantitative estimate of drug-likeness (QED) is 0.144. The Kier molecular flexibility index (Phi) is 13.1. The Labute approximate surface area is 357 Å². The summed E-state index contributed by atoms with van der Waals surface area (Å²) in [6.45, 7) is 9.42. The van der Waals surface area contributed by atoms with Gasteiger partial charge in [0.1, 0.15) is 0 Å².